The molecule has 0 amide bonds. The van der Waals surface area contributed by atoms with Crippen LogP contribution in [0.1, 0.15) is 5.56 Å². The van der Waals surface area contributed by atoms with Crippen LogP contribution in [0.4, 0.5) is 25.8 Å². The third-order valence-corrected chi connectivity index (χ3v) is 5.56. The number of halogens is 2. The number of nitrogens with zero attached hydrogens (tertiary/aromatic N) is 2. The van der Waals surface area contributed by atoms with Gasteiger partial charge < -0.3 is 9.84 Å². The lowest BCUT2D eigenvalue weighted by molar-refractivity contribution is -0.384. The average Bonchev–Trinajstić information content (AvgIpc) is 2.75. The highest BCUT2D eigenvalue weighted by atomic mass is 32.2. The first kappa shape index (κ1) is 22.6. The lowest BCUT2D eigenvalue weighted by Gasteiger charge is -2.14. The molecule has 0 aromatic heterocycles. The number of sulfonamides is 1. The standard InChI is InChI=1S/C20H15F2N3O6S/c1-31-19-9-6-14(25(27)28)10-18(19)23-20(26)12-2-4-13(5-3-12)24-32(29,30)15-7-8-16(21)17(22)11-15/h2-11,24H,1H3,(H,23,26)/p-1. The Kier molecular flexibility index (Phi) is 6.35. The summed E-state index contributed by atoms with van der Waals surface area (Å²) in [6.07, 6.45) is 0. The van der Waals surface area contributed by atoms with Gasteiger partial charge in [-0.25, -0.2) is 17.2 Å². The van der Waals surface area contributed by atoms with Crippen molar-refractivity contribution in [2.45, 2.75) is 4.90 Å². The fourth-order valence-corrected chi connectivity index (χ4v) is 3.66. The molecule has 0 unspecified atom stereocenters. The Morgan fingerprint density at radius 1 is 1.03 bits per heavy atom. The second-order valence-corrected chi connectivity index (χ2v) is 7.97. The summed E-state index contributed by atoms with van der Waals surface area (Å²) in [5, 5.41) is 23.4. The normalized spacial score (nSPS) is 11.8. The second-order valence-electron chi connectivity index (χ2n) is 6.29. The number of non-ortho nitro benzene ring substituents is 1. The van der Waals surface area contributed by atoms with Gasteiger partial charge in [0, 0.05) is 17.8 Å². The fourth-order valence-electron chi connectivity index (χ4n) is 2.59. The van der Waals surface area contributed by atoms with E-state index in [4.69, 9.17) is 4.74 Å². The van der Waals surface area contributed by atoms with E-state index in [1.165, 1.54) is 43.5 Å². The van der Waals surface area contributed by atoms with E-state index in [1.807, 2.05) is 0 Å². The van der Waals surface area contributed by atoms with Crippen molar-refractivity contribution in [1.82, 2.24) is 0 Å². The highest BCUT2D eigenvalue weighted by Crippen LogP contribution is 2.31. The van der Waals surface area contributed by atoms with Crippen molar-refractivity contribution in [3.05, 3.63) is 88.0 Å². The molecule has 0 aliphatic rings. The van der Waals surface area contributed by atoms with Crippen molar-refractivity contribution in [2.24, 2.45) is 4.99 Å². The smallest absolute Gasteiger partial charge is 0.271 e. The summed E-state index contributed by atoms with van der Waals surface area (Å²) in [4.78, 5) is 13.6. The molecule has 3 aromatic carbocycles. The molecule has 0 aliphatic carbocycles. The lowest BCUT2D eigenvalue weighted by Crippen LogP contribution is -2.18. The Balaban J connectivity index is 1.84. The number of hydrogen-bond donors (Lipinski definition) is 1. The first-order valence-corrected chi connectivity index (χ1v) is 10.3. The number of ether oxygens (including phenoxy) is 1. The molecule has 0 spiro atoms. The van der Waals surface area contributed by atoms with E-state index in [9.17, 15) is 32.4 Å². The summed E-state index contributed by atoms with van der Waals surface area (Å²) >= 11 is 0. The quantitative estimate of drug-likeness (QED) is 0.248. The van der Waals surface area contributed by atoms with Crippen LogP contribution >= 0.6 is 0 Å². The van der Waals surface area contributed by atoms with E-state index in [-0.39, 0.29) is 28.4 Å². The summed E-state index contributed by atoms with van der Waals surface area (Å²) in [7, 11) is -2.88. The van der Waals surface area contributed by atoms with Crippen molar-refractivity contribution < 1.29 is 32.0 Å². The van der Waals surface area contributed by atoms with Crippen LogP contribution in [0.3, 0.4) is 0 Å². The van der Waals surface area contributed by atoms with Gasteiger partial charge in [-0.05, 0) is 47.9 Å². The molecule has 0 fully saturated rings. The predicted molar refractivity (Wildman–Crippen MR) is 109 cm³/mol. The Labute approximate surface area is 180 Å². The minimum atomic E-state index is -4.20. The van der Waals surface area contributed by atoms with Gasteiger partial charge in [0.25, 0.3) is 15.7 Å². The first-order valence-electron chi connectivity index (χ1n) is 8.77. The van der Waals surface area contributed by atoms with Gasteiger partial charge in [-0.1, -0.05) is 12.1 Å². The molecule has 12 heteroatoms. The predicted octanol–water partition coefficient (Wildman–Crippen LogP) is 3.12. The minimum Gasteiger partial charge on any atom is -0.858 e. The molecule has 3 rings (SSSR count). The second kappa shape index (κ2) is 8.98. The molecule has 0 atom stereocenters. The highest BCUT2D eigenvalue weighted by Gasteiger charge is 2.17. The van der Waals surface area contributed by atoms with E-state index < -0.39 is 37.4 Å². The number of nitro groups is 1. The van der Waals surface area contributed by atoms with Crippen molar-refractivity contribution in [3.63, 3.8) is 0 Å². The molecule has 0 saturated heterocycles. The molecule has 9 nitrogen and oxygen atoms in total. The molecular formula is C20H14F2N3O6S-. The lowest BCUT2D eigenvalue weighted by atomic mass is 10.2. The monoisotopic (exact) mass is 462 g/mol. The van der Waals surface area contributed by atoms with Crippen LogP contribution in [0, 0.1) is 21.7 Å². The van der Waals surface area contributed by atoms with E-state index in [0.717, 1.165) is 12.1 Å². The van der Waals surface area contributed by atoms with E-state index in [1.54, 1.807) is 0 Å². The summed E-state index contributed by atoms with van der Waals surface area (Å²) < 4.78 is 58.2. The SMILES string of the molecule is COc1ccc([N+](=O)[O-])cc1N=C([O-])c1ccc(NS(=O)(=O)c2ccc(F)c(F)c2)cc1. The molecular weight excluding hydrogens is 448 g/mol. The highest BCUT2D eigenvalue weighted by molar-refractivity contribution is 7.92. The Morgan fingerprint density at radius 3 is 2.31 bits per heavy atom. The maximum atomic E-state index is 13.3. The summed E-state index contributed by atoms with van der Waals surface area (Å²) in [5.41, 5.74) is -0.206. The average molecular weight is 462 g/mol. The van der Waals surface area contributed by atoms with Gasteiger partial charge in [-0.3, -0.25) is 19.8 Å². The number of anilines is 1. The number of aliphatic imine (C=N–C) groups is 1. The summed E-state index contributed by atoms with van der Waals surface area (Å²) in [6, 6.07) is 10.8. The maximum Gasteiger partial charge on any atom is 0.271 e. The number of rotatable bonds is 7. The molecule has 166 valence electrons. The summed E-state index contributed by atoms with van der Waals surface area (Å²) in [6.45, 7) is 0. The number of benzene rings is 3. The number of methoxy groups -OCH3 is 1. The zero-order chi connectivity index (χ0) is 23.5. The van der Waals surface area contributed by atoms with Gasteiger partial charge in [0.2, 0.25) is 0 Å². The zero-order valence-corrected chi connectivity index (χ0v) is 17.1. The van der Waals surface area contributed by atoms with E-state index in [2.05, 4.69) is 9.71 Å². The van der Waals surface area contributed by atoms with Crippen molar-refractivity contribution in [1.29, 1.82) is 0 Å². The number of nitro benzene ring substituents is 1. The molecule has 0 saturated carbocycles. The van der Waals surface area contributed by atoms with E-state index in [0.29, 0.717) is 12.1 Å². The first-order chi connectivity index (χ1) is 15.1. The van der Waals surface area contributed by atoms with Gasteiger partial charge in [-0.15, -0.1) is 0 Å². The van der Waals surface area contributed by atoms with Crippen LogP contribution in [0.15, 0.2) is 70.6 Å². The van der Waals surface area contributed by atoms with Gasteiger partial charge in [-0.2, -0.15) is 0 Å². The molecule has 1 N–H and O–H groups in total. The van der Waals surface area contributed by atoms with Gasteiger partial charge in [0.15, 0.2) is 11.6 Å². The molecule has 0 aliphatic heterocycles. The van der Waals surface area contributed by atoms with Crippen LogP contribution in [-0.4, -0.2) is 26.3 Å². The molecule has 3 aromatic rings. The molecule has 0 radical (unpaired) electrons. The Morgan fingerprint density at radius 2 is 1.72 bits per heavy atom. The van der Waals surface area contributed by atoms with Crippen LogP contribution in [0.25, 0.3) is 0 Å². The summed E-state index contributed by atoms with van der Waals surface area (Å²) in [5.74, 6) is -3.10. The molecule has 0 bridgehead atoms. The Bertz CT molecular complexity index is 1310. The van der Waals surface area contributed by atoms with Crippen molar-refractivity contribution >= 4 is 33.0 Å². The maximum absolute atomic E-state index is 13.3. The van der Waals surface area contributed by atoms with Crippen LogP contribution in [0.5, 0.6) is 5.75 Å². The van der Waals surface area contributed by atoms with Gasteiger partial charge in [0.05, 0.1) is 16.9 Å². The Hall–Kier alpha value is -4.06. The van der Waals surface area contributed by atoms with Gasteiger partial charge >= 0.3 is 0 Å². The largest absolute Gasteiger partial charge is 0.858 e. The van der Waals surface area contributed by atoms with Crippen LogP contribution in [0.2, 0.25) is 0 Å². The van der Waals surface area contributed by atoms with Crippen molar-refractivity contribution in [2.75, 3.05) is 11.8 Å². The topological polar surface area (TPSA) is 134 Å². The van der Waals surface area contributed by atoms with E-state index >= 15 is 0 Å². The molecule has 32 heavy (non-hydrogen) atoms. The fraction of sp³-hybridized carbons (Fsp3) is 0.0500. The third kappa shape index (κ3) is 4.98. The number of hydrogen-bond acceptors (Lipinski definition) is 7. The molecule has 0 heterocycles. The third-order valence-electron chi connectivity index (χ3n) is 4.18. The zero-order valence-electron chi connectivity index (χ0n) is 16.3. The van der Waals surface area contributed by atoms with Gasteiger partial charge in [0.1, 0.15) is 11.4 Å². The van der Waals surface area contributed by atoms with Crippen LogP contribution in [-0.2, 0) is 10.0 Å². The number of nitrogens with one attached hydrogen (secondary N) is 1. The van der Waals surface area contributed by atoms with Crippen molar-refractivity contribution in [3.8, 4) is 5.75 Å². The minimum absolute atomic E-state index is 0.0465. The van der Waals surface area contributed by atoms with Crippen LogP contribution < -0.4 is 14.6 Å².